The molecule has 0 amide bonds. The highest BCUT2D eigenvalue weighted by atomic mass is 16.5. The van der Waals surface area contributed by atoms with Crippen molar-refractivity contribution in [3.05, 3.63) is 30.0 Å². The van der Waals surface area contributed by atoms with E-state index in [1.807, 2.05) is 20.0 Å². The first kappa shape index (κ1) is 13.2. The molecule has 3 rings (SSSR count). The van der Waals surface area contributed by atoms with E-state index in [0.29, 0.717) is 0 Å². The molecule has 1 aliphatic rings. The largest absolute Gasteiger partial charge is 0.474 e. The van der Waals surface area contributed by atoms with Gasteiger partial charge in [-0.05, 0) is 51.1 Å². The van der Waals surface area contributed by atoms with E-state index in [1.54, 1.807) is 0 Å². The number of aromatic nitrogens is 1. The Hall–Kier alpha value is -1.81. The van der Waals surface area contributed by atoms with Gasteiger partial charge in [-0.1, -0.05) is 6.07 Å². The number of pyridine rings is 1. The zero-order valence-electron chi connectivity index (χ0n) is 12.1. The summed E-state index contributed by atoms with van der Waals surface area (Å²) < 4.78 is 6.17. The van der Waals surface area contributed by atoms with Crippen molar-refractivity contribution < 1.29 is 4.74 Å². The van der Waals surface area contributed by atoms with E-state index in [0.717, 1.165) is 48.6 Å². The summed E-state index contributed by atoms with van der Waals surface area (Å²) in [7, 11) is 1.94. The molecule has 1 aliphatic heterocycles. The Kier molecular flexibility index (Phi) is 3.74. The molecule has 1 fully saturated rings. The van der Waals surface area contributed by atoms with Crippen LogP contribution in [0.25, 0.3) is 10.8 Å². The number of rotatable bonds is 3. The maximum Gasteiger partial charge on any atom is 0.221 e. The summed E-state index contributed by atoms with van der Waals surface area (Å²) in [5.41, 5.74) is 2.10. The van der Waals surface area contributed by atoms with Crippen LogP contribution in [0, 0.1) is 6.92 Å². The lowest BCUT2D eigenvalue weighted by Gasteiger charge is -2.24. The van der Waals surface area contributed by atoms with Crippen molar-refractivity contribution in [3.63, 3.8) is 0 Å². The monoisotopic (exact) mass is 271 g/mol. The maximum atomic E-state index is 6.17. The Labute approximate surface area is 119 Å². The molecule has 0 spiro atoms. The van der Waals surface area contributed by atoms with Gasteiger partial charge in [0.05, 0.1) is 0 Å². The van der Waals surface area contributed by atoms with Gasteiger partial charge in [0.25, 0.3) is 0 Å². The van der Waals surface area contributed by atoms with E-state index in [1.165, 1.54) is 5.39 Å². The Balaban J connectivity index is 2.00. The third kappa shape index (κ3) is 2.56. The molecule has 0 bridgehead atoms. The lowest BCUT2D eigenvalue weighted by Crippen LogP contribution is -2.34. The molecule has 4 nitrogen and oxygen atoms in total. The first-order chi connectivity index (χ1) is 9.78. The molecule has 2 heterocycles. The SMILES string of the molecule is CNc1cccc2c(OC3CCNCC3)nc(C)cc12. The molecule has 106 valence electrons. The number of ether oxygens (including phenoxy) is 1. The predicted molar refractivity (Wildman–Crippen MR) is 82.5 cm³/mol. The van der Waals surface area contributed by atoms with Crippen molar-refractivity contribution in [1.82, 2.24) is 10.3 Å². The summed E-state index contributed by atoms with van der Waals surface area (Å²) >= 11 is 0. The van der Waals surface area contributed by atoms with Crippen LogP contribution in [0.2, 0.25) is 0 Å². The van der Waals surface area contributed by atoms with Crippen LogP contribution in [0.15, 0.2) is 24.3 Å². The highest BCUT2D eigenvalue weighted by Crippen LogP contribution is 2.31. The molecule has 0 unspecified atom stereocenters. The minimum atomic E-state index is 0.270. The molecule has 1 aromatic heterocycles. The number of fused-ring (bicyclic) bond motifs is 1. The van der Waals surface area contributed by atoms with Crippen LogP contribution < -0.4 is 15.4 Å². The zero-order chi connectivity index (χ0) is 13.9. The van der Waals surface area contributed by atoms with Crippen LogP contribution in [-0.4, -0.2) is 31.2 Å². The van der Waals surface area contributed by atoms with Gasteiger partial charge in [0.2, 0.25) is 5.88 Å². The molecular weight excluding hydrogens is 250 g/mol. The molecule has 0 atom stereocenters. The number of piperidine rings is 1. The van der Waals surface area contributed by atoms with Crippen molar-refractivity contribution >= 4 is 16.5 Å². The van der Waals surface area contributed by atoms with Gasteiger partial charge in [-0.15, -0.1) is 0 Å². The van der Waals surface area contributed by atoms with Crippen LogP contribution >= 0.6 is 0 Å². The number of hydrogen-bond acceptors (Lipinski definition) is 4. The van der Waals surface area contributed by atoms with Gasteiger partial charge in [0, 0.05) is 29.2 Å². The Bertz CT molecular complexity index is 606. The summed E-state index contributed by atoms with van der Waals surface area (Å²) in [4.78, 5) is 4.60. The van der Waals surface area contributed by atoms with Crippen molar-refractivity contribution in [2.45, 2.75) is 25.9 Å². The standard InChI is InChI=1S/C16H21N3O/c1-11-10-14-13(4-3-5-15(14)17-2)16(19-11)20-12-6-8-18-9-7-12/h3-5,10,12,17-18H,6-9H2,1-2H3. The van der Waals surface area contributed by atoms with E-state index in [2.05, 4.69) is 33.8 Å². The number of anilines is 1. The lowest BCUT2D eigenvalue weighted by atomic mass is 10.1. The summed E-state index contributed by atoms with van der Waals surface area (Å²) in [6, 6.07) is 8.31. The first-order valence-electron chi connectivity index (χ1n) is 7.23. The molecule has 0 saturated carbocycles. The van der Waals surface area contributed by atoms with Gasteiger partial charge in [-0.3, -0.25) is 0 Å². The van der Waals surface area contributed by atoms with Gasteiger partial charge >= 0.3 is 0 Å². The average Bonchev–Trinajstić information content (AvgIpc) is 2.47. The smallest absolute Gasteiger partial charge is 0.221 e. The second kappa shape index (κ2) is 5.67. The van der Waals surface area contributed by atoms with Crippen LogP contribution in [0.1, 0.15) is 18.5 Å². The quantitative estimate of drug-likeness (QED) is 0.901. The Morgan fingerprint density at radius 3 is 2.80 bits per heavy atom. The minimum Gasteiger partial charge on any atom is -0.474 e. The normalized spacial score (nSPS) is 16.3. The van der Waals surface area contributed by atoms with E-state index < -0.39 is 0 Å². The lowest BCUT2D eigenvalue weighted by molar-refractivity contribution is 0.158. The van der Waals surface area contributed by atoms with Crippen molar-refractivity contribution in [2.24, 2.45) is 0 Å². The number of nitrogens with zero attached hydrogens (tertiary/aromatic N) is 1. The predicted octanol–water partition coefficient (Wildman–Crippen LogP) is 2.72. The Morgan fingerprint density at radius 2 is 2.05 bits per heavy atom. The Morgan fingerprint density at radius 1 is 1.25 bits per heavy atom. The van der Waals surface area contributed by atoms with Crippen molar-refractivity contribution in [2.75, 3.05) is 25.5 Å². The number of benzene rings is 1. The van der Waals surface area contributed by atoms with Gasteiger partial charge in [0.15, 0.2) is 0 Å². The number of nitrogens with one attached hydrogen (secondary N) is 2. The molecule has 2 aromatic rings. The van der Waals surface area contributed by atoms with Crippen LogP contribution in [0.4, 0.5) is 5.69 Å². The summed E-state index contributed by atoms with van der Waals surface area (Å²) in [6.07, 6.45) is 2.36. The summed E-state index contributed by atoms with van der Waals surface area (Å²) in [5.74, 6) is 0.768. The minimum absolute atomic E-state index is 0.270. The van der Waals surface area contributed by atoms with Crippen molar-refractivity contribution in [1.29, 1.82) is 0 Å². The van der Waals surface area contributed by atoms with Gasteiger partial charge in [-0.25, -0.2) is 4.98 Å². The second-order valence-electron chi connectivity index (χ2n) is 5.29. The molecular formula is C16H21N3O. The molecule has 2 N–H and O–H groups in total. The van der Waals surface area contributed by atoms with E-state index in [4.69, 9.17) is 4.74 Å². The zero-order valence-corrected chi connectivity index (χ0v) is 12.1. The van der Waals surface area contributed by atoms with E-state index in [9.17, 15) is 0 Å². The fourth-order valence-electron chi connectivity index (χ4n) is 2.75. The van der Waals surface area contributed by atoms with E-state index >= 15 is 0 Å². The number of aryl methyl sites for hydroxylation is 1. The summed E-state index contributed by atoms with van der Waals surface area (Å²) in [5, 5.41) is 8.85. The van der Waals surface area contributed by atoms with Gasteiger partial charge in [-0.2, -0.15) is 0 Å². The average molecular weight is 271 g/mol. The van der Waals surface area contributed by atoms with Crippen molar-refractivity contribution in [3.8, 4) is 5.88 Å². The fourth-order valence-corrected chi connectivity index (χ4v) is 2.75. The highest BCUT2D eigenvalue weighted by molar-refractivity contribution is 5.96. The maximum absolute atomic E-state index is 6.17. The van der Waals surface area contributed by atoms with Crippen LogP contribution in [0.3, 0.4) is 0 Å². The van der Waals surface area contributed by atoms with E-state index in [-0.39, 0.29) is 6.10 Å². The molecule has 1 aromatic carbocycles. The third-order valence-corrected chi connectivity index (χ3v) is 3.80. The molecule has 4 heteroatoms. The van der Waals surface area contributed by atoms with Crippen LogP contribution in [-0.2, 0) is 0 Å². The second-order valence-corrected chi connectivity index (χ2v) is 5.29. The molecule has 0 aliphatic carbocycles. The molecule has 0 radical (unpaired) electrons. The topological polar surface area (TPSA) is 46.2 Å². The number of hydrogen-bond donors (Lipinski definition) is 2. The van der Waals surface area contributed by atoms with Gasteiger partial charge < -0.3 is 15.4 Å². The molecule has 1 saturated heterocycles. The fraction of sp³-hybridized carbons (Fsp3) is 0.438. The highest BCUT2D eigenvalue weighted by Gasteiger charge is 2.17. The van der Waals surface area contributed by atoms with Crippen LogP contribution in [0.5, 0.6) is 5.88 Å². The van der Waals surface area contributed by atoms with Gasteiger partial charge in [0.1, 0.15) is 6.10 Å². The molecule has 20 heavy (non-hydrogen) atoms. The third-order valence-electron chi connectivity index (χ3n) is 3.80. The first-order valence-corrected chi connectivity index (χ1v) is 7.23. The summed E-state index contributed by atoms with van der Waals surface area (Å²) in [6.45, 7) is 4.06.